The van der Waals surface area contributed by atoms with Crippen molar-refractivity contribution in [2.75, 3.05) is 13.2 Å². The van der Waals surface area contributed by atoms with E-state index in [0.29, 0.717) is 19.1 Å². The average molecular weight is 451 g/mol. The first-order chi connectivity index (χ1) is 14.6. The van der Waals surface area contributed by atoms with E-state index in [1.54, 1.807) is 0 Å². The molecule has 3 fully saturated rings. The Morgan fingerprint density at radius 2 is 1.74 bits per heavy atom. The Labute approximate surface area is 191 Å². The van der Waals surface area contributed by atoms with Gasteiger partial charge in [0.05, 0.1) is 19.3 Å². The fraction of sp³-hybridized carbons (Fsp3) is 0.923. The molecule has 3 rings (SSSR count). The fourth-order valence-electron chi connectivity index (χ4n) is 5.16. The largest absolute Gasteiger partial charge is 0.403 e. The summed E-state index contributed by atoms with van der Waals surface area (Å²) < 4.78 is 18.5. The standard InChI is InChI=1S/C26H46O4Si/c1-7-8-9-10-11-12-13-21(30-31(5,6)25(2,3)4)15-14-20-18-23-22(24(20)27)19-26(23)28-16-17-29-26/h20-24,27H,7-13,16-19H2,1-6H3. The molecule has 1 spiro atoms. The summed E-state index contributed by atoms with van der Waals surface area (Å²) in [6, 6.07) is 0. The molecular formula is C26H46O4Si. The minimum Gasteiger partial charge on any atom is -0.403 e. The van der Waals surface area contributed by atoms with Crippen LogP contribution in [0.4, 0.5) is 0 Å². The second-order valence-electron chi connectivity index (χ2n) is 11.5. The Bertz CT molecular complexity index is 638. The third-order valence-electron chi connectivity index (χ3n) is 8.23. The summed E-state index contributed by atoms with van der Waals surface area (Å²) in [6.45, 7) is 15.1. The number of rotatable bonds is 9. The molecule has 1 heterocycles. The smallest absolute Gasteiger partial charge is 0.193 e. The lowest BCUT2D eigenvalue weighted by Crippen LogP contribution is -2.54. The average Bonchev–Trinajstić information content (AvgIpc) is 3.27. The van der Waals surface area contributed by atoms with Gasteiger partial charge in [0.25, 0.3) is 0 Å². The fourth-order valence-corrected chi connectivity index (χ4v) is 6.40. The number of ether oxygens (including phenoxy) is 2. The Kier molecular flexibility index (Phi) is 8.36. The highest BCUT2D eigenvalue weighted by Crippen LogP contribution is 2.59. The first-order valence-corrected chi connectivity index (χ1v) is 15.7. The SMILES string of the molecule is CCCCCCCCC(C#CC1CC2C(CC23OCCO3)C1O)O[Si](C)(C)C(C)(C)C. The minimum atomic E-state index is -1.89. The lowest BCUT2D eigenvalue weighted by Gasteiger charge is -2.48. The van der Waals surface area contributed by atoms with Crippen LogP contribution in [0, 0.1) is 29.6 Å². The molecule has 1 N–H and O–H groups in total. The Balaban J connectivity index is 1.60. The first-order valence-electron chi connectivity index (χ1n) is 12.7. The van der Waals surface area contributed by atoms with E-state index in [9.17, 15) is 5.11 Å². The minimum absolute atomic E-state index is 0.0113. The molecule has 31 heavy (non-hydrogen) atoms. The van der Waals surface area contributed by atoms with Gasteiger partial charge in [0.15, 0.2) is 14.1 Å². The molecule has 0 bridgehead atoms. The normalized spacial score (nSPS) is 30.5. The second kappa shape index (κ2) is 10.3. The molecule has 2 aliphatic carbocycles. The van der Waals surface area contributed by atoms with Crippen LogP contribution >= 0.6 is 0 Å². The van der Waals surface area contributed by atoms with Gasteiger partial charge in [0.2, 0.25) is 0 Å². The van der Waals surface area contributed by atoms with Crippen LogP contribution in [0.25, 0.3) is 0 Å². The van der Waals surface area contributed by atoms with Crippen LogP contribution in [0.15, 0.2) is 0 Å². The summed E-state index contributed by atoms with van der Waals surface area (Å²) >= 11 is 0. The van der Waals surface area contributed by atoms with Crippen LogP contribution in [-0.4, -0.2) is 44.6 Å². The van der Waals surface area contributed by atoms with E-state index in [1.165, 1.54) is 38.5 Å². The van der Waals surface area contributed by atoms with Crippen molar-refractivity contribution in [3.8, 4) is 11.8 Å². The van der Waals surface area contributed by atoms with Crippen LogP contribution in [-0.2, 0) is 13.9 Å². The Morgan fingerprint density at radius 3 is 2.39 bits per heavy atom. The van der Waals surface area contributed by atoms with Gasteiger partial charge in [-0.15, -0.1) is 0 Å². The highest BCUT2D eigenvalue weighted by molar-refractivity contribution is 6.74. The molecule has 2 saturated carbocycles. The highest BCUT2D eigenvalue weighted by Gasteiger charge is 2.64. The van der Waals surface area contributed by atoms with Crippen LogP contribution in [0.1, 0.15) is 85.5 Å². The molecule has 1 aliphatic heterocycles. The van der Waals surface area contributed by atoms with Crippen LogP contribution in [0.2, 0.25) is 18.1 Å². The lowest BCUT2D eigenvalue weighted by atomic mass is 9.69. The van der Waals surface area contributed by atoms with E-state index in [4.69, 9.17) is 13.9 Å². The number of fused-ring (bicyclic) bond motifs is 2. The van der Waals surface area contributed by atoms with Gasteiger partial charge in [0, 0.05) is 18.3 Å². The predicted molar refractivity (Wildman–Crippen MR) is 128 cm³/mol. The molecule has 5 unspecified atom stereocenters. The number of aliphatic hydroxyl groups excluding tert-OH is 1. The zero-order chi connectivity index (χ0) is 22.7. The van der Waals surface area contributed by atoms with Gasteiger partial charge in [-0.3, -0.25) is 0 Å². The van der Waals surface area contributed by atoms with Crippen molar-refractivity contribution in [2.24, 2.45) is 17.8 Å². The van der Waals surface area contributed by atoms with Crippen molar-refractivity contribution >= 4 is 8.32 Å². The van der Waals surface area contributed by atoms with Crippen molar-refractivity contribution < 1.29 is 19.0 Å². The highest BCUT2D eigenvalue weighted by atomic mass is 28.4. The molecule has 5 heteroatoms. The van der Waals surface area contributed by atoms with Gasteiger partial charge >= 0.3 is 0 Å². The van der Waals surface area contributed by atoms with Crippen molar-refractivity contribution in [3.05, 3.63) is 0 Å². The quantitative estimate of drug-likeness (QED) is 0.270. The molecule has 0 aromatic carbocycles. The van der Waals surface area contributed by atoms with Gasteiger partial charge in [-0.05, 0) is 43.3 Å². The van der Waals surface area contributed by atoms with Gasteiger partial charge in [-0.1, -0.05) is 71.6 Å². The van der Waals surface area contributed by atoms with Crippen molar-refractivity contribution in [1.29, 1.82) is 0 Å². The molecule has 0 radical (unpaired) electrons. The van der Waals surface area contributed by atoms with E-state index in [0.717, 1.165) is 19.3 Å². The van der Waals surface area contributed by atoms with E-state index in [-0.39, 0.29) is 29.1 Å². The molecular weight excluding hydrogens is 404 g/mol. The Hall–Kier alpha value is -0.383. The zero-order valence-electron chi connectivity index (χ0n) is 20.8. The molecule has 0 amide bonds. The predicted octanol–water partition coefficient (Wildman–Crippen LogP) is 5.89. The van der Waals surface area contributed by atoms with E-state index in [2.05, 4.69) is 52.6 Å². The van der Waals surface area contributed by atoms with E-state index in [1.807, 2.05) is 0 Å². The Morgan fingerprint density at radius 1 is 1.10 bits per heavy atom. The molecule has 3 aliphatic rings. The first kappa shape index (κ1) is 25.2. The van der Waals surface area contributed by atoms with Gasteiger partial charge in [-0.25, -0.2) is 0 Å². The number of hydrogen-bond donors (Lipinski definition) is 1. The van der Waals surface area contributed by atoms with Crippen molar-refractivity contribution in [3.63, 3.8) is 0 Å². The van der Waals surface area contributed by atoms with Crippen LogP contribution < -0.4 is 0 Å². The molecule has 178 valence electrons. The second-order valence-corrected chi connectivity index (χ2v) is 16.3. The van der Waals surface area contributed by atoms with Crippen LogP contribution in [0.3, 0.4) is 0 Å². The topological polar surface area (TPSA) is 47.9 Å². The van der Waals surface area contributed by atoms with Gasteiger partial charge in [-0.2, -0.15) is 0 Å². The third kappa shape index (κ3) is 5.76. The maximum Gasteiger partial charge on any atom is 0.193 e. The van der Waals surface area contributed by atoms with Crippen molar-refractivity contribution in [1.82, 2.24) is 0 Å². The molecule has 4 nitrogen and oxygen atoms in total. The van der Waals surface area contributed by atoms with Gasteiger partial charge < -0.3 is 19.0 Å². The maximum absolute atomic E-state index is 10.8. The summed E-state index contributed by atoms with van der Waals surface area (Å²) in [5.74, 6) is 7.11. The summed E-state index contributed by atoms with van der Waals surface area (Å²) in [6.07, 6.45) is 9.99. The molecule has 0 aromatic rings. The summed E-state index contributed by atoms with van der Waals surface area (Å²) in [7, 11) is -1.89. The summed E-state index contributed by atoms with van der Waals surface area (Å²) in [4.78, 5) is 0. The molecule has 1 saturated heterocycles. The number of hydrogen-bond acceptors (Lipinski definition) is 4. The molecule has 5 atom stereocenters. The summed E-state index contributed by atoms with van der Waals surface area (Å²) in [5, 5.41) is 11.0. The third-order valence-corrected chi connectivity index (χ3v) is 12.7. The summed E-state index contributed by atoms with van der Waals surface area (Å²) in [5.41, 5.74) is 0. The maximum atomic E-state index is 10.8. The van der Waals surface area contributed by atoms with Crippen LogP contribution in [0.5, 0.6) is 0 Å². The van der Waals surface area contributed by atoms with Gasteiger partial charge in [0.1, 0.15) is 6.10 Å². The number of aliphatic hydroxyl groups is 1. The monoisotopic (exact) mass is 450 g/mol. The number of unbranched alkanes of at least 4 members (excludes halogenated alkanes) is 5. The van der Waals surface area contributed by atoms with E-state index < -0.39 is 14.1 Å². The molecule has 0 aromatic heterocycles. The zero-order valence-corrected chi connectivity index (χ0v) is 21.8. The lowest BCUT2D eigenvalue weighted by molar-refractivity contribution is -0.275. The van der Waals surface area contributed by atoms with Crippen molar-refractivity contribution in [2.45, 2.75) is 122 Å². The van der Waals surface area contributed by atoms with E-state index >= 15 is 0 Å².